The SMILES string of the molecule is C[C@H](N)C(=O)OC1CC[C@@]2(C)C(CC[C@@H]3[C@@H]2CC[C@]2(C)[C@@H](C4=CC(=O)OC4)CCC32O)C1. The molecule has 0 amide bonds. The average Bonchev–Trinajstić information content (AvgIpc) is 3.28. The van der Waals surface area contributed by atoms with Crippen molar-refractivity contribution >= 4 is 11.9 Å². The van der Waals surface area contributed by atoms with Crippen LogP contribution in [0.5, 0.6) is 0 Å². The van der Waals surface area contributed by atoms with Gasteiger partial charge in [0.2, 0.25) is 0 Å². The van der Waals surface area contributed by atoms with Crippen molar-refractivity contribution < 1.29 is 24.2 Å². The van der Waals surface area contributed by atoms with Crippen LogP contribution in [0.15, 0.2) is 11.6 Å². The molecular weight excluding hydrogens is 406 g/mol. The van der Waals surface area contributed by atoms with Gasteiger partial charge >= 0.3 is 11.9 Å². The van der Waals surface area contributed by atoms with Crippen LogP contribution in [0, 0.1) is 34.5 Å². The Bertz CT molecular complexity index is 838. The van der Waals surface area contributed by atoms with Gasteiger partial charge in [-0.25, -0.2) is 4.79 Å². The Balaban J connectivity index is 1.35. The van der Waals surface area contributed by atoms with Crippen molar-refractivity contribution in [2.24, 2.45) is 40.2 Å². The van der Waals surface area contributed by atoms with E-state index in [0.29, 0.717) is 24.4 Å². The number of carbonyl (C=O) groups excluding carboxylic acids is 2. The minimum Gasteiger partial charge on any atom is -0.461 e. The molecule has 178 valence electrons. The van der Waals surface area contributed by atoms with Crippen LogP contribution >= 0.6 is 0 Å². The van der Waals surface area contributed by atoms with E-state index < -0.39 is 11.6 Å². The molecule has 4 saturated carbocycles. The van der Waals surface area contributed by atoms with E-state index in [2.05, 4.69) is 13.8 Å². The van der Waals surface area contributed by atoms with Crippen molar-refractivity contribution in [2.45, 2.75) is 96.3 Å². The van der Waals surface area contributed by atoms with Gasteiger partial charge in [-0.15, -0.1) is 0 Å². The molecule has 0 bridgehead atoms. The third-order valence-electron chi connectivity index (χ3n) is 10.6. The first-order valence-corrected chi connectivity index (χ1v) is 12.6. The largest absolute Gasteiger partial charge is 0.461 e. The number of rotatable bonds is 3. The summed E-state index contributed by atoms with van der Waals surface area (Å²) < 4.78 is 10.9. The molecule has 3 unspecified atom stereocenters. The monoisotopic (exact) mass is 445 g/mol. The fourth-order valence-corrected chi connectivity index (χ4v) is 8.75. The summed E-state index contributed by atoms with van der Waals surface area (Å²) in [6.45, 7) is 6.77. The molecule has 0 radical (unpaired) electrons. The van der Waals surface area contributed by atoms with E-state index in [1.807, 2.05) is 0 Å². The second kappa shape index (κ2) is 7.56. The van der Waals surface area contributed by atoms with Crippen LogP contribution < -0.4 is 5.73 Å². The zero-order valence-electron chi connectivity index (χ0n) is 19.8. The lowest BCUT2D eigenvalue weighted by atomic mass is 9.43. The van der Waals surface area contributed by atoms with Gasteiger partial charge in [-0.2, -0.15) is 0 Å². The lowest BCUT2D eigenvalue weighted by Crippen LogP contribution is -2.62. The zero-order chi connectivity index (χ0) is 22.9. The lowest BCUT2D eigenvalue weighted by molar-refractivity contribution is -0.210. The maximum atomic E-state index is 12.3. The maximum absolute atomic E-state index is 12.3. The Morgan fingerprint density at radius 2 is 1.94 bits per heavy atom. The predicted octanol–water partition coefficient (Wildman–Crippen LogP) is 3.50. The molecule has 3 N–H and O–H groups in total. The van der Waals surface area contributed by atoms with Crippen LogP contribution in [0.25, 0.3) is 0 Å². The number of hydrogen-bond donors (Lipinski definition) is 2. The average molecular weight is 446 g/mol. The predicted molar refractivity (Wildman–Crippen MR) is 119 cm³/mol. The van der Waals surface area contributed by atoms with Gasteiger partial charge in [0, 0.05) is 11.5 Å². The lowest BCUT2D eigenvalue weighted by Gasteiger charge is -2.63. The highest BCUT2D eigenvalue weighted by molar-refractivity contribution is 5.85. The summed E-state index contributed by atoms with van der Waals surface area (Å²) >= 11 is 0. The molecule has 9 atom stereocenters. The third-order valence-corrected chi connectivity index (χ3v) is 10.6. The number of cyclic esters (lactones) is 1. The summed E-state index contributed by atoms with van der Waals surface area (Å²) in [7, 11) is 0. The maximum Gasteiger partial charge on any atom is 0.331 e. The Labute approximate surface area is 191 Å². The fourth-order valence-electron chi connectivity index (χ4n) is 8.75. The molecule has 4 aliphatic carbocycles. The molecule has 4 fully saturated rings. The van der Waals surface area contributed by atoms with Crippen molar-refractivity contribution in [2.75, 3.05) is 6.61 Å². The van der Waals surface area contributed by atoms with Crippen LogP contribution in [-0.2, 0) is 19.1 Å². The highest BCUT2D eigenvalue weighted by Crippen LogP contribution is 2.70. The number of ether oxygens (including phenoxy) is 2. The first-order chi connectivity index (χ1) is 15.1. The zero-order valence-corrected chi connectivity index (χ0v) is 19.8. The first kappa shape index (κ1) is 22.4. The van der Waals surface area contributed by atoms with Gasteiger partial charge in [0.05, 0.1) is 5.60 Å². The smallest absolute Gasteiger partial charge is 0.331 e. The van der Waals surface area contributed by atoms with E-state index in [1.54, 1.807) is 13.0 Å². The van der Waals surface area contributed by atoms with Crippen molar-refractivity contribution in [3.63, 3.8) is 0 Å². The normalized spacial score (nSPS) is 48.7. The number of fused-ring (bicyclic) bond motifs is 5. The molecule has 1 aliphatic heterocycles. The summed E-state index contributed by atoms with van der Waals surface area (Å²) in [5, 5.41) is 12.3. The van der Waals surface area contributed by atoms with Gasteiger partial charge in [0.15, 0.2) is 0 Å². The molecule has 0 aromatic rings. The van der Waals surface area contributed by atoms with Gasteiger partial charge in [-0.3, -0.25) is 4.79 Å². The van der Waals surface area contributed by atoms with Crippen molar-refractivity contribution in [3.8, 4) is 0 Å². The Hall–Kier alpha value is -1.40. The second-order valence-corrected chi connectivity index (χ2v) is 11.9. The van der Waals surface area contributed by atoms with Crippen LogP contribution in [0.1, 0.15) is 78.6 Å². The van der Waals surface area contributed by atoms with Gasteiger partial charge in [0.1, 0.15) is 18.8 Å². The van der Waals surface area contributed by atoms with E-state index >= 15 is 0 Å². The van der Waals surface area contributed by atoms with Gasteiger partial charge in [0.25, 0.3) is 0 Å². The standard InChI is InChI=1S/C26H39NO5/c1-15(27)23(29)32-18-6-9-24(2)17(13-18)4-5-21-20(24)7-10-25(3)19(8-11-26(21,25)30)16-12-22(28)31-14-16/h12,15,17-21,30H,4-11,13-14,27H2,1-3H3/t15-,17?,18?,19+,20-,21+,24-,25+,26?/m0/s1. The molecular formula is C26H39NO5. The van der Waals surface area contributed by atoms with Crippen LogP contribution in [0.4, 0.5) is 0 Å². The Kier molecular flexibility index (Phi) is 5.29. The highest BCUT2D eigenvalue weighted by Gasteiger charge is 2.67. The summed E-state index contributed by atoms with van der Waals surface area (Å²) in [5.41, 5.74) is 6.10. The van der Waals surface area contributed by atoms with Crippen LogP contribution in [0.2, 0.25) is 0 Å². The molecule has 0 aromatic carbocycles. The summed E-state index contributed by atoms with van der Waals surface area (Å²) in [6.07, 6.45) is 10.5. The van der Waals surface area contributed by atoms with Gasteiger partial charge in [-0.1, -0.05) is 13.8 Å². The van der Waals surface area contributed by atoms with E-state index in [9.17, 15) is 14.7 Å². The molecule has 6 nitrogen and oxygen atoms in total. The molecule has 1 heterocycles. The fraction of sp³-hybridized carbons (Fsp3) is 0.846. The number of nitrogens with two attached hydrogens (primary N) is 1. The van der Waals surface area contributed by atoms with E-state index in [0.717, 1.165) is 63.4 Å². The summed E-state index contributed by atoms with van der Waals surface area (Å²) in [5.74, 6) is 1.03. The molecule has 0 saturated heterocycles. The Morgan fingerprint density at radius 3 is 2.62 bits per heavy atom. The van der Waals surface area contributed by atoms with E-state index in [-0.39, 0.29) is 34.8 Å². The minimum absolute atomic E-state index is 0.0252. The number of hydrogen-bond acceptors (Lipinski definition) is 6. The van der Waals surface area contributed by atoms with Crippen molar-refractivity contribution in [3.05, 3.63) is 11.6 Å². The number of aliphatic hydroxyl groups is 1. The van der Waals surface area contributed by atoms with Crippen LogP contribution in [0.3, 0.4) is 0 Å². The minimum atomic E-state index is -0.681. The number of carbonyl (C=O) groups is 2. The molecule has 5 rings (SSSR count). The van der Waals surface area contributed by atoms with E-state index in [4.69, 9.17) is 15.2 Å². The van der Waals surface area contributed by atoms with Crippen molar-refractivity contribution in [1.29, 1.82) is 0 Å². The Morgan fingerprint density at radius 1 is 1.16 bits per heavy atom. The molecule has 32 heavy (non-hydrogen) atoms. The second-order valence-electron chi connectivity index (χ2n) is 11.9. The van der Waals surface area contributed by atoms with E-state index in [1.165, 1.54) is 0 Å². The molecule has 6 heteroatoms. The van der Waals surface area contributed by atoms with Crippen molar-refractivity contribution in [1.82, 2.24) is 0 Å². The van der Waals surface area contributed by atoms with Crippen LogP contribution in [-0.4, -0.2) is 41.4 Å². The number of esters is 2. The molecule has 0 aromatic heterocycles. The first-order valence-electron chi connectivity index (χ1n) is 12.6. The molecule has 0 spiro atoms. The van der Waals surface area contributed by atoms with Gasteiger partial charge < -0.3 is 20.3 Å². The van der Waals surface area contributed by atoms with Gasteiger partial charge in [-0.05, 0) is 99.4 Å². The third kappa shape index (κ3) is 3.12. The summed E-state index contributed by atoms with van der Waals surface area (Å²) in [6, 6.07) is -0.574. The topological polar surface area (TPSA) is 98.9 Å². The molecule has 5 aliphatic rings. The summed E-state index contributed by atoms with van der Waals surface area (Å²) in [4.78, 5) is 23.7. The quantitative estimate of drug-likeness (QED) is 0.645. The highest BCUT2D eigenvalue weighted by atomic mass is 16.5.